The monoisotopic (exact) mass is 530 g/mol. The minimum Gasteiger partial charge on any atom is -0.490 e. The number of nitrogens with zero attached hydrogens (tertiary/aromatic N) is 2. The van der Waals surface area contributed by atoms with Crippen LogP contribution in [-0.4, -0.2) is 36.2 Å². The fraction of sp³-hybridized carbons (Fsp3) is 0.125. The van der Waals surface area contributed by atoms with E-state index in [4.69, 9.17) is 32.7 Å². The van der Waals surface area contributed by atoms with Crippen molar-refractivity contribution in [2.24, 2.45) is 5.10 Å². The maximum Gasteiger partial charge on any atom is 0.271 e. The lowest BCUT2D eigenvalue weighted by atomic mass is 10.2. The molecule has 0 aromatic heterocycles. The van der Waals surface area contributed by atoms with Crippen molar-refractivity contribution in [1.82, 2.24) is 5.43 Å². The third-order valence-corrected chi connectivity index (χ3v) is 5.29. The third-order valence-electron chi connectivity index (χ3n) is 4.55. The van der Waals surface area contributed by atoms with Crippen molar-refractivity contribution in [2.45, 2.75) is 6.92 Å². The molecule has 0 aliphatic heterocycles. The summed E-state index contributed by atoms with van der Waals surface area (Å²) in [6, 6.07) is 14.8. The predicted octanol–water partition coefficient (Wildman–Crippen LogP) is 5.08. The number of carbonyl (C=O) groups excluding carboxylic acids is 2. The molecule has 0 aliphatic carbocycles. The lowest BCUT2D eigenvalue weighted by Crippen LogP contribution is -2.20. The first kappa shape index (κ1) is 26.5. The number of hydrazone groups is 1. The van der Waals surface area contributed by atoms with Crippen molar-refractivity contribution in [2.75, 3.05) is 18.5 Å². The zero-order valence-corrected chi connectivity index (χ0v) is 20.4. The summed E-state index contributed by atoms with van der Waals surface area (Å²) in [5.74, 6) is -0.215. The number of hydrogen-bond donors (Lipinski definition) is 2. The highest BCUT2D eigenvalue weighted by molar-refractivity contribution is 6.42. The fourth-order valence-corrected chi connectivity index (χ4v) is 3.17. The van der Waals surface area contributed by atoms with E-state index in [1.807, 2.05) is 0 Å². The zero-order valence-electron chi connectivity index (χ0n) is 18.9. The Kier molecular flexibility index (Phi) is 9.20. The lowest BCUT2D eigenvalue weighted by Gasteiger charge is -2.13. The second-order valence-corrected chi connectivity index (χ2v) is 7.92. The van der Waals surface area contributed by atoms with Gasteiger partial charge in [-0.3, -0.25) is 19.7 Å². The first-order valence-corrected chi connectivity index (χ1v) is 11.2. The average Bonchev–Trinajstić information content (AvgIpc) is 2.86. The van der Waals surface area contributed by atoms with Gasteiger partial charge in [-0.1, -0.05) is 23.2 Å². The summed E-state index contributed by atoms with van der Waals surface area (Å²) in [6.45, 7) is 1.87. The van der Waals surface area contributed by atoms with Gasteiger partial charge < -0.3 is 14.8 Å². The van der Waals surface area contributed by atoms with Gasteiger partial charge in [-0.05, 0) is 61.0 Å². The van der Waals surface area contributed by atoms with Crippen LogP contribution >= 0.6 is 23.2 Å². The molecule has 0 saturated carbocycles. The van der Waals surface area contributed by atoms with Crippen LogP contribution < -0.4 is 20.2 Å². The Labute approximate surface area is 216 Å². The molecule has 3 rings (SSSR count). The summed E-state index contributed by atoms with van der Waals surface area (Å²) in [5.41, 5.74) is 3.52. The number of nitro groups is 1. The van der Waals surface area contributed by atoms with Gasteiger partial charge in [0.2, 0.25) is 0 Å². The van der Waals surface area contributed by atoms with E-state index in [0.29, 0.717) is 39.4 Å². The lowest BCUT2D eigenvalue weighted by molar-refractivity contribution is -0.384. The van der Waals surface area contributed by atoms with Crippen LogP contribution in [0.4, 0.5) is 11.4 Å². The zero-order chi connectivity index (χ0) is 26.1. The molecule has 2 amide bonds. The van der Waals surface area contributed by atoms with Crippen molar-refractivity contribution in [3.63, 3.8) is 0 Å². The average molecular weight is 531 g/mol. The first-order valence-electron chi connectivity index (χ1n) is 10.5. The highest BCUT2D eigenvalue weighted by Gasteiger charge is 2.11. The Morgan fingerprint density at radius 3 is 2.42 bits per heavy atom. The number of anilines is 1. The van der Waals surface area contributed by atoms with E-state index in [9.17, 15) is 19.7 Å². The summed E-state index contributed by atoms with van der Waals surface area (Å²) in [5, 5.41) is 18.0. The molecule has 3 aromatic carbocycles. The van der Waals surface area contributed by atoms with Crippen LogP contribution in [0.1, 0.15) is 22.8 Å². The molecule has 0 fully saturated rings. The third kappa shape index (κ3) is 7.42. The van der Waals surface area contributed by atoms with Crippen LogP contribution in [-0.2, 0) is 4.79 Å². The second-order valence-electron chi connectivity index (χ2n) is 7.11. The van der Waals surface area contributed by atoms with Crippen molar-refractivity contribution < 1.29 is 24.0 Å². The van der Waals surface area contributed by atoms with Crippen LogP contribution in [0.25, 0.3) is 0 Å². The standard InChI is InChI=1S/C24H20Cl2N4O6/c1-2-35-22-11-15(13-27-29-24(32)16-4-7-18(8-5-16)30(33)34)3-10-21(22)36-14-23(31)28-17-6-9-19(25)20(26)12-17/h3-13H,2,14H2,1H3,(H,28,31)(H,29,32)/b27-13+. The number of nitro benzene ring substituents is 1. The van der Waals surface area contributed by atoms with Gasteiger partial charge >= 0.3 is 0 Å². The Balaban J connectivity index is 1.59. The Hall–Kier alpha value is -4.15. The van der Waals surface area contributed by atoms with Crippen LogP contribution in [0.2, 0.25) is 10.0 Å². The molecule has 0 bridgehead atoms. The van der Waals surface area contributed by atoms with Crippen LogP contribution in [0.15, 0.2) is 65.8 Å². The minimum absolute atomic E-state index is 0.118. The van der Waals surface area contributed by atoms with Gasteiger partial charge in [0.05, 0.1) is 27.8 Å². The number of amides is 2. The van der Waals surface area contributed by atoms with Gasteiger partial charge in [-0.25, -0.2) is 5.43 Å². The van der Waals surface area contributed by atoms with Crippen molar-refractivity contribution in [1.29, 1.82) is 0 Å². The number of non-ortho nitro benzene ring substituents is 1. The van der Waals surface area contributed by atoms with E-state index < -0.39 is 16.7 Å². The normalized spacial score (nSPS) is 10.6. The molecule has 36 heavy (non-hydrogen) atoms. The molecule has 0 aliphatic rings. The van der Waals surface area contributed by atoms with E-state index in [0.717, 1.165) is 0 Å². The summed E-state index contributed by atoms with van der Waals surface area (Å²) >= 11 is 11.8. The van der Waals surface area contributed by atoms with Crippen LogP contribution in [0.3, 0.4) is 0 Å². The molecule has 0 saturated heterocycles. The summed E-state index contributed by atoms with van der Waals surface area (Å²) in [7, 11) is 0. The summed E-state index contributed by atoms with van der Waals surface area (Å²) in [4.78, 5) is 34.6. The van der Waals surface area contributed by atoms with E-state index >= 15 is 0 Å². The quantitative estimate of drug-likeness (QED) is 0.213. The number of ether oxygens (including phenoxy) is 2. The Morgan fingerprint density at radius 2 is 1.75 bits per heavy atom. The molecule has 3 aromatic rings. The maximum atomic E-state index is 12.2. The highest BCUT2D eigenvalue weighted by Crippen LogP contribution is 2.28. The van der Waals surface area contributed by atoms with E-state index in [1.165, 1.54) is 36.5 Å². The Morgan fingerprint density at radius 1 is 1.00 bits per heavy atom. The van der Waals surface area contributed by atoms with Gasteiger partial charge in [0, 0.05) is 23.4 Å². The van der Waals surface area contributed by atoms with Gasteiger partial charge in [0.15, 0.2) is 18.1 Å². The molecule has 10 nitrogen and oxygen atoms in total. The van der Waals surface area contributed by atoms with E-state index in [1.54, 1.807) is 37.3 Å². The van der Waals surface area contributed by atoms with E-state index in [2.05, 4.69) is 15.8 Å². The largest absolute Gasteiger partial charge is 0.490 e. The second kappa shape index (κ2) is 12.5. The summed E-state index contributed by atoms with van der Waals surface area (Å²) in [6.07, 6.45) is 1.40. The smallest absolute Gasteiger partial charge is 0.271 e. The number of hydrogen-bond acceptors (Lipinski definition) is 7. The number of benzene rings is 3. The van der Waals surface area contributed by atoms with Gasteiger partial charge in [0.1, 0.15) is 0 Å². The molecule has 0 atom stereocenters. The highest BCUT2D eigenvalue weighted by atomic mass is 35.5. The molecular weight excluding hydrogens is 511 g/mol. The minimum atomic E-state index is -0.550. The molecule has 0 unspecified atom stereocenters. The predicted molar refractivity (Wildman–Crippen MR) is 136 cm³/mol. The molecule has 0 heterocycles. The van der Waals surface area contributed by atoms with Crippen molar-refractivity contribution in [3.8, 4) is 11.5 Å². The summed E-state index contributed by atoms with van der Waals surface area (Å²) < 4.78 is 11.2. The van der Waals surface area contributed by atoms with Crippen molar-refractivity contribution in [3.05, 3.63) is 92.0 Å². The van der Waals surface area contributed by atoms with Crippen LogP contribution in [0, 0.1) is 10.1 Å². The molecule has 2 N–H and O–H groups in total. The Bertz CT molecular complexity index is 1300. The van der Waals surface area contributed by atoms with E-state index in [-0.39, 0.29) is 17.9 Å². The van der Waals surface area contributed by atoms with Gasteiger partial charge in [-0.2, -0.15) is 5.10 Å². The fourth-order valence-electron chi connectivity index (χ4n) is 2.87. The molecule has 186 valence electrons. The SMILES string of the molecule is CCOc1cc(/C=N/NC(=O)c2ccc([N+](=O)[O-])cc2)ccc1OCC(=O)Nc1ccc(Cl)c(Cl)c1. The molecule has 0 radical (unpaired) electrons. The van der Waals surface area contributed by atoms with Crippen LogP contribution in [0.5, 0.6) is 11.5 Å². The number of carbonyl (C=O) groups is 2. The first-order chi connectivity index (χ1) is 17.3. The molecule has 0 spiro atoms. The van der Waals surface area contributed by atoms with Gasteiger partial charge in [-0.15, -0.1) is 0 Å². The molecule has 12 heteroatoms. The number of nitrogens with one attached hydrogen (secondary N) is 2. The van der Waals surface area contributed by atoms with Gasteiger partial charge in [0.25, 0.3) is 17.5 Å². The maximum absolute atomic E-state index is 12.2. The number of halogens is 2. The van der Waals surface area contributed by atoms with Crippen molar-refractivity contribution >= 4 is 52.6 Å². The topological polar surface area (TPSA) is 132 Å². The number of rotatable bonds is 10. The molecular formula is C24H20Cl2N4O6.